The van der Waals surface area contributed by atoms with Crippen molar-refractivity contribution < 1.29 is 9.83 Å². The Balaban J connectivity index is 0. The maximum absolute atomic E-state index is 8.32. The molecule has 0 amide bonds. The molecule has 0 fully saturated rings. The van der Waals surface area contributed by atoms with Crippen LogP contribution in [0.2, 0.25) is 0 Å². The van der Waals surface area contributed by atoms with E-state index < -0.39 is 0 Å². The van der Waals surface area contributed by atoms with E-state index in [2.05, 4.69) is 11.4 Å². The Bertz CT molecular complexity index is 13.5. The van der Waals surface area contributed by atoms with Gasteiger partial charge in [0.25, 0.3) is 0 Å². The second-order valence-corrected chi connectivity index (χ2v) is 0.118. The van der Waals surface area contributed by atoms with Crippen molar-refractivity contribution in [3.63, 3.8) is 0 Å². The Kier molecular flexibility index (Phi) is 21.6. The minimum absolute atomic E-state index is 0. The van der Waals surface area contributed by atoms with Gasteiger partial charge in [0, 0.05) is 29.6 Å². The summed E-state index contributed by atoms with van der Waals surface area (Å²) in [6.45, 7) is 2.43. The molecular weight excluding hydrogens is 67.0 g/mol. The smallest absolute Gasteiger partial charge is 0.307 e. The monoisotopic (exact) mass is 69.0 g/mol. The summed E-state index contributed by atoms with van der Waals surface area (Å²) in [5.41, 5.74) is 0. The fourth-order valence-electron chi connectivity index (χ4n) is 0. The van der Waals surface area contributed by atoms with Gasteiger partial charge in [0.15, 0.2) is 0 Å². The van der Waals surface area contributed by atoms with E-state index in [4.69, 9.17) is 5.26 Å². The number of hydrogen-bond acceptors (Lipinski definition) is 1. The van der Waals surface area contributed by atoms with Gasteiger partial charge in [-0.1, -0.05) is 0 Å². The summed E-state index contributed by atoms with van der Waals surface area (Å²) in [5, 5.41) is 8.32. The van der Waals surface area contributed by atoms with Crippen molar-refractivity contribution in [3.05, 3.63) is 0 Å². The minimum Gasteiger partial charge on any atom is -0.463 e. The summed E-state index contributed by atoms with van der Waals surface area (Å²) in [4.78, 5) is 0. The predicted molar refractivity (Wildman–Crippen MR) is 12.9 cm³/mol. The van der Waals surface area contributed by atoms with E-state index in [0.717, 1.165) is 0 Å². The second kappa shape index (κ2) is 9.80. The first-order valence-electron chi connectivity index (χ1n) is 0.455. The van der Waals surface area contributed by atoms with E-state index >= 15 is 0 Å². The van der Waals surface area contributed by atoms with Gasteiger partial charge in [0.1, 0.15) is 0 Å². The van der Waals surface area contributed by atoms with E-state index in [1.165, 1.54) is 0 Å². The van der Waals surface area contributed by atoms with E-state index in [0.29, 0.717) is 0 Å². The fourth-order valence-corrected chi connectivity index (χ4v) is 0. The summed E-state index contributed by atoms with van der Waals surface area (Å²) in [6, 6.07) is 0. The van der Waals surface area contributed by atoms with Crippen LogP contribution in [0.5, 0.6) is 0 Å². The van der Waals surface area contributed by atoms with Gasteiger partial charge in [-0.15, -0.1) is 0 Å². The standard InChI is InChI=1S/CH2O2.Na/c1-3-2;/h1H2;. The average molecular weight is 69.0 g/mol. The SMILES string of the molecule is C=[O+][O-].[Na]. The molecule has 0 heterocycles. The molecule has 0 bridgehead atoms. The second-order valence-electron chi connectivity index (χ2n) is 0.118. The van der Waals surface area contributed by atoms with Crippen molar-refractivity contribution in [3.8, 4) is 0 Å². The van der Waals surface area contributed by atoms with Crippen LogP contribution in [-0.2, 0) is 4.58 Å². The van der Waals surface area contributed by atoms with E-state index in [9.17, 15) is 0 Å². The van der Waals surface area contributed by atoms with Crippen molar-refractivity contribution in [2.24, 2.45) is 0 Å². The molecule has 3 heteroatoms. The Hall–Kier alpha value is 0.470. The topological polar surface area (TPSA) is 34.4 Å². The van der Waals surface area contributed by atoms with Crippen molar-refractivity contribution in [1.82, 2.24) is 0 Å². The molecular formula is CH2NaO2. The largest absolute Gasteiger partial charge is 0.463 e. The zero-order chi connectivity index (χ0) is 2.71. The van der Waals surface area contributed by atoms with Crippen molar-refractivity contribution in [2.75, 3.05) is 0 Å². The molecule has 0 saturated heterocycles. The van der Waals surface area contributed by atoms with Crippen LogP contribution in [0.4, 0.5) is 0 Å². The fraction of sp³-hybridized carbons (Fsp3) is 0. The maximum atomic E-state index is 8.32. The molecule has 0 spiro atoms. The molecule has 0 aromatic rings. The molecule has 0 aromatic carbocycles. The van der Waals surface area contributed by atoms with Gasteiger partial charge in [-0.2, -0.15) is 4.58 Å². The summed E-state index contributed by atoms with van der Waals surface area (Å²) in [7, 11) is 0. The molecule has 0 aliphatic heterocycles. The zero-order valence-electron chi connectivity index (χ0n) is 2.52. The Morgan fingerprint density at radius 2 is 1.75 bits per heavy atom. The van der Waals surface area contributed by atoms with Crippen LogP contribution >= 0.6 is 0 Å². The number of hydrogen-bond donors (Lipinski definition) is 0. The minimum atomic E-state index is 0. The van der Waals surface area contributed by atoms with Crippen LogP contribution in [0.3, 0.4) is 0 Å². The molecule has 0 aliphatic carbocycles. The van der Waals surface area contributed by atoms with Crippen molar-refractivity contribution in [1.29, 1.82) is 0 Å². The van der Waals surface area contributed by atoms with Crippen molar-refractivity contribution >= 4 is 36.3 Å². The van der Waals surface area contributed by atoms with Gasteiger partial charge in [-0.25, -0.2) is 0 Å². The molecule has 4 heavy (non-hydrogen) atoms. The van der Waals surface area contributed by atoms with Gasteiger partial charge in [0.05, 0.1) is 0 Å². The first kappa shape index (κ1) is 8.82. The van der Waals surface area contributed by atoms with Gasteiger partial charge in [-0.3, -0.25) is 0 Å². The van der Waals surface area contributed by atoms with Gasteiger partial charge in [0.2, 0.25) is 0 Å². The van der Waals surface area contributed by atoms with E-state index in [-0.39, 0.29) is 29.6 Å². The molecule has 0 unspecified atom stereocenters. The average Bonchev–Trinajstić information content (AvgIpc) is 0.918. The molecule has 2 nitrogen and oxygen atoms in total. The molecule has 19 valence electrons. The molecule has 0 N–H and O–H groups in total. The predicted octanol–water partition coefficient (Wildman–Crippen LogP) is -1.75. The summed E-state index contributed by atoms with van der Waals surface area (Å²) < 4.78 is 2.75. The summed E-state index contributed by atoms with van der Waals surface area (Å²) in [6.07, 6.45) is 0. The summed E-state index contributed by atoms with van der Waals surface area (Å²) in [5.74, 6) is 0. The van der Waals surface area contributed by atoms with Crippen LogP contribution in [0.1, 0.15) is 0 Å². The molecule has 0 saturated carbocycles. The zero-order valence-corrected chi connectivity index (χ0v) is 4.52. The van der Waals surface area contributed by atoms with Crippen LogP contribution in [-0.4, -0.2) is 36.3 Å². The number of carbonyl (C=O) groups excluding carboxylic acids is 1. The van der Waals surface area contributed by atoms with Crippen LogP contribution in [0, 0.1) is 0 Å². The molecule has 1 radical (unpaired) electrons. The third-order valence-corrected chi connectivity index (χ3v) is 0. The normalized spacial score (nSPS) is 3.00. The Morgan fingerprint density at radius 1 is 1.75 bits per heavy atom. The van der Waals surface area contributed by atoms with E-state index in [1.54, 1.807) is 0 Å². The van der Waals surface area contributed by atoms with Crippen molar-refractivity contribution in [2.45, 2.75) is 0 Å². The van der Waals surface area contributed by atoms with Crippen LogP contribution in [0.15, 0.2) is 0 Å². The molecule has 0 rings (SSSR count). The Morgan fingerprint density at radius 3 is 1.75 bits per heavy atom. The summed E-state index contributed by atoms with van der Waals surface area (Å²) >= 11 is 0. The molecule has 0 atom stereocenters. The molecule has 0 aliphatic rings. The molecule has 0 aromatic heterocycles. The van der Waals surface area contributed by atoms with Crippen LogP contribution < -0.4 is 5.26 Å². The Labute approximate surface area is 46.4 Å². The quantitative estimate of drug-likeness (QED) is 0.144. The van der Waals surface area contributed by atoms with E-state index in [1.807, 2.05) is 0 Å². The third-order valence-electron chi connectivity index (χ3n) is 0. The third kappa shape index (κ3) is 24.2. The first-order valence-corrected chi connectivity index (χ1v) is 0.455. The maximum Gasteiger partial charge on any atom is 0.307 e. The van der Waals surface area contributed by atoms with Gasteiger partial charge >= 0.3 is 6.79 Å². The van der Waals surface area contributed by atoms with Gasteiger partial charge in [-0.05, 0) is 0 Å². The first-order chi connectivity index (χ1) is 1.41. The van der Waals surface area contributed by atoms with Gasteiger partial charge < -0.3 is 5.26 Å². The number of rotatable bonds is 0. The van der Waals surface area contributed by atoms with Crippen LogP contribution in [0.25, 0.3) is 0 Å².